The van der Waals surface area contributed by atoms with Crippen molar-refractivity contribution in [3.05, 3.63) is 137 Å². The molecule has 0 saturated carbocycles. The fourth-order valence-corrected chi connectivity index (χ4v) is 15.2. The van der Waals surface area contributed by atoms with E-state index in [0.29, 0.717) is 19.6 Å². The van der Waals surface area contributed by atoms with Gasteiger partial charge in [-0.2, -0.15) is 0 Å². The molecule has 3 aromatic carbocycles. The lowest BCUT2D eigenvalue weighted by molar-refractivity contribution is -0.135. The number of nitrogens with one attached hydrogen (secondary N) is 3. The number of carbonyl (C=O) groups excluding carboxylic acids is 3. The number of aromatic nitrogens is 3. The maximum absolute atomic E-state index is 14.8. The molecule has 0 bridgehead atoms. The highest BCUT2D eigenvalue weighted by molar-refractivity contribution is 6.02. The van der Waals surface area contributed by atoms with Crippen molar-refractivity contribution in [2.75, 3.05) is 78.5 Å². The van der Waals surface area contributed by atoms with E-state index in [1.165, 1.54) is 82.8 Å². The minimum absolute atomic E-state index is 0.162. The Bertz CT molecular complexity index is 3350. The second-order valence-electron chi connectivity index (χ2n) is 23.5. The molecule has 79 heavy (non-hydrogen) atoms. The van der Waals surface area contributed by atoms with E-state index in [4.69, 9.17) is 0 Å². The molecule has 6 atom stereocenters. The largest absolute Gasteiger partial charge is 0.361 e. The number of carbonyl (C=O) groups is 3. The van der Waals surface area contributed by atoms with Crippen LogP contribution in [0, 0.1) is 17.8 Å². The maximum Gasteiger partial charge on any atom is 0.230 e. The molecule has 3 amide bonds. The first-order chi connectivity index (χ1) is 38.7. The monoisotopic (exact) mass is 1060 g/mol. The van der Waals surface area contributed by atoms with Crippen molar-refractivity contribution >= 4 is 67.1 Å². The molecule has 0 unspecified atom stereocenters. The van der Waals surface area contributed by atoms with Gasteiger partial charge < -0.3 is 29.7 Å². The Hall–Kier alpha value is -6.47. The van der Waals surface area contributed by atoms with Crippen LogP contribution in [0.4, 0.5) is 0 Å². The lowest BCUT2D eigenvalue weighted by Crippen LogP contribution is -2.50. The van der Waals surface area contributed by atoms with Crippen LogP contribution in [0.1, 0.15) is 106 Å². The van der Waals surface area contributed by atoms with Crippen LogP contribution in [0.5, 0.6) is 0 Å². The molecular formula is C67H83N9O3. The van der Waals surface area contributed by atoms with Gasteiger partial charge in [-0.15, -0.1) is 6.58 Å². The highest BCUT2D eigenvalue weighted by Crippen LogP contribution is 2.45. The average molecular weight is 1060 g/mol. The van der Waals surface area contributed by atoms with Gasteiger partial charge in [0, 0.05) is 135 Å². The summed E-state index contributed by atoms with van der Waals surface area (Å²) in [7, 11) is 0. The number of hydrogen-bond acceptors (Lipinski definition) is 6. The molecule has 0 saturated heterocycles. The molecule has 12 nitrogen and oxygen atoms in total. The van der Waals surface area contributed by atoms with E-state index in [9.17, 15) is 14.4 Å². The van der Waals surface area contributed by atoms with E-state index in [2.05, 4.69) is 165 Å². The van der Waals surface area contributed by atoms with Gasteiger partial charge in [0.2, 0.25) is 17.7 Å². The van der Waals surface area contributed by atoms with Crippen molar-refractivity contribution < 1.29 is 14.4 Å². The molecule has 414 valence electrons. The fraction of sp³-hybridized carbons (Fsp3) is 0.478. The molecule has 6 heterocycles. The van der Waals surface area contributed by atoms with Crippen molar-refractivity contribution in [2.24, 2.45) is 17.8 Å². The van der Waals surface area contributed by atoms with Crippen LogP contribution < -0.4 is 0 Å². The zero-order valence-corrected chi connectivity index (χ0v) is 47.4. The van der Waals surface area contributed by atoms with Crippen LogP contribution in [0.15, 0.2) is 104 Å². The molecule has 6 aromatic rings. The highest BCUT2D eigenvalue weighted by Gasteiger charge is 2.41. The van der Waals surface area contributed by atoms with Gasteiger partial charge in [-0.05, 0) is 154 Å². The number of hydrogen-bond donors (Lipinski definition) is 3. The molecule has 3 aliphatic heterocycles. The van der Waals surface area contributed by atoms with Crippen molar-refractivity contribution in [1.29, 1.82) is 0 Å². The first kappa shape index (κ1) is 53.2. The molecule has 12 rings (SSSR count). The summed E-state index contributed by atoms with van der Waals surface area (Å²) >= 11 is 0. The molecule has 0 radical (unpaired) electrons. The van der Waals surface area contributed by atoms with Gasteiger partial charge in [0.1, 0.15) is 0 Å². The highest BCUT2D eigenvalue weighted by atomic mass is 16.2. The third kappa shape index (κ3) is 9.94. The maximum atomic E-state index is 14.8. The summed E-state index contributed by atoms with van der Waals surface area (Å²) < 4.78 is 0. The lowest BCUT2D eigenvalue weighted by atomic mass is 9.79. The van der Waals surface area contributed by atoms with E-state index in [1.807, 2.05) is 11.0 Å². The lowest BCUT2D eigenvalue weighted by Gasteiger charge is -2.42. The van der Waals surface area contributed by atoms with E-state index in [-0.39, 0.29) is 53.6 Å². The summed E-state index contributed by atoms with van der Waals surface area (Å²) in [5, 5.41) is 3.92. The Morgan fingerprint density at radius 2 is 0.848 bits per heavy atom. The van der Waals surface area contributed by atoms with Crippen LogP contribution in [-0.2, 0) is 33.6 Å². The van der Waals surface area contributed by atoms with Crippen molar-refractivity contribution in [3.8, 4) is 0 Å². The van der Waals surface area contributed by atoms with E-state index < -0.39 is 0 Å². The van der Waals surface area contributed by atoms with Gasteiger partial charge in [0.25, 0.3) is 0 Å². The smallest absolute Gasteiger partial charge is 0.230 e. The van der Waals surface area contributed by atoms with Gasteiger partial charge in [0.15, 0.2) is 0 Å². The van der Waals surface area contributed by atoms with E-state index in [0.717, 1.165) is 123 Å². The molecule has 3 aliphatic carbocycles. The normalized spacial score (nSPS) is 22.5. The number of unbranched alkanes of at least 4 members (excludes halogenated alkanes) is 5. The summed E-state index contributed by atoms with van der Waals surface area (Å²) in [6, 6.07) is 20.4. The summed E-state index contributed by atoms with van der Waals surface area (Å²) in [4.78, 5) is 67.6. The molecule has 6 aliphatic rings. The van der Waals surface area contributed by atoms with Crippen LogP contribution in [0.3, 0.4) is 0 Å². The zero-order valence-electron chi connectivity index (χ0n) is 47.4. The van der Waals surface area contributed by atoms with Crippen LogP contribution >= 0.6 is 0 Å². The molecular weight excluding hydrogens is 979 g/mol. The van der Waals surface area contributed by atoms with Crippen molar-refractivity contribution in [2.45, 2.75) is 110 Å². The van der Waals surface area contributed by atoms with Crippen molar-refractivity contribution in [3.63, 3.8) is 0 Å². The summed E-state index contributed by atoms with van der Waals surface area (Å²) in [5.41, 5.74) is 15.3. The third-order valence-corrected chi connectivity index (χ3v) is 19.1. The van der Waals surface area contributed by atoms with E-state index in [1.54, 1.807) is 0 Å². The topological polar surface area (TPSA) is 118 Å². The fourth-order valence-electron chi connectivity index (χ4n) is 15.2. The minimum Gasteiger partial charge on any atom is -0.361 e. The first-order valence-electron chi connectivity index (χ1n) is 30.3. The molecule has 0 fully saturated rings. The Balaban J connectivity index is 0.669. The Kier molecular flexibility index (Phi) is 15.4. The number of H-pyrrole nitrogens is 3. The Labute approximate surface area is 467 Å². The van der Waals surface area contributed by atoms with Crippen LogP contribution in [0.2, 0.25) is 0 Å². The van der Waals surface area contributed by atoms with Crippen LogP contribution in [-0.4, -0.2) is 159 Å². The second-order valence-corrected chi connectivity index (χ2v) is 23.5. The Morgan fingerprint density at radius 1 is 0.494 bits per heavy atom. The van der Waals surface area contributed by atoms with Gasteiger partial charge in [-0.25, -0.2) is 0 Å². The molecule has 12 heteroatoms. The second kappa shape index (κ2) is 22.9. The number of fused-ring (bicyclic) bond motifs is 6. The zero-order chi connectivity index (χ0) is 54.3. The van der Waals surface area contributed by atoms with E-state index >= 15 is 0 Å². The first-order valence-corrected chi connectivity index (χ1v) is 30.3. The molecule has 3 N–H and O–H groups in total. The van der Waals surface area contributed by atoms with Gasteiger partial charge in [-0.3, -0.25) is 29.1 Å². The minimum atomic E-state index is -0.210. The van der Waals surface area contributed by atoms with Crippen molar-refractivity contribution in [1.82, 2.24) is 44.4 Å². The van der Waals surface area contributed by atoms with Gasteiger partial charge in [-0.1, -0.05) is 80.0 Å². The summed E-state index contributed by atoms with van der Waals surface area (Å²) in [6.45, 7) is 21.7. The SMILES string of the molecule is C=CCN1C[C@H](C(=O)N(CC)CCCCCCN2C[C@H](C(=O)N(CC)CCCCCN3C[C@H](C(=O)N(CC)CC)C=C4c5cccc6[nH]cc(c56)C[C@H]43)C=C3c4cccc5[nH]cc(c45)C[C@H]32)C=C2c3cccc4[nH]cc(c34)C[C@H]21. The summed E-state index contributed by atoms with van der Waals surface area (Å²) in [6.07, 6.45) is 25.5. The predicted octanol–water partition coefficient (Wildman–Crippen LogP) is 10.7. The predicted molar refractivity (Wildman–Crippen MR) is 321 cm³/mol. The van der Waals surface area contributed by atoms with Gasteiger partial charge in [0.05, 0.1) is 17.8 Å². The Morgan fingerprint density at radius 3 is 1.24 bits per heavy atom. The number of nitrogens with zero attached hydrogens (tertiary/aromatic N) is 6. The number of aromatic amines is 3. The average Bonchev–Trinajstić information content (AvgIpc) is 4.46. The standard InChI is InChI=1S/C67H83N9O3/c1-6-27-74-41-48(33-53-50-21-18-24-56-62(50)44(38-68-56)35-59(53)74)66(78)72(9-4)28-14-11-12-15-30-75-43-49(34-55-52-23-20-26-58-64(52)46(40-70-58)37-61(55)75)67(79)73(10-5)29-16-13-17-31-76-42-47(65(77)71(7-2)8-3)32-54-51-22-19-25-57-63(51)45(39-69-57)36-60(54)76/h6,18-26,32-34,38-40,47-49,59-61,68-70H,1,7-17,27-31,35-37,41-43H2,2-5H3/t47-,48-,49-,59-,60-,61-/m1/s1. The number of amides is 3. The molecule has 3 aromatic heterocycles. The van der Waals surface area contributed by atoms with Gasteiger partial charge >= 0.3 is 0 Å². The summed E-state index contributed by atoms with van der Waals surface area (Å²) in [5.74, 6) is 0.142. The quantitative estimate of drug-likeness (QED) is 0.0460. The third-order valence-electron chi connectivity index (χ3n) is 19.1. The molecule has 0 spiro atoms. The number of benzene rings is 3. The number of rotatable bonds is 22. The van der Waals surface area contributed by atoms with Crippen LogP contribution in [0.25, 0.3) is 49.4 Å².